The lowest BCUT2D eigenvalue weighted by Crippen LogP contribution is -2.18. The van der Waals surface area contributed by atoms with E-state index in [9.17, 15) is 9.90 Å². The normalized spacial score (nSPS) is 12.2. The molecule has 0 saturated carbocycles. The van der Waals surface area contributed by atoms with E-state index < -0.39 is 5.97 Å². The number of hydrogen-bond acceptors (Lipinski definition) is 5. The van der Waals surface area contributed by atoms with E-state index in [1.165, 1.54) is 0 Å². The van der Waals surface area contributed by atoms with E-state index in [1.807, 2.05) is 52.0 Å². The summed E-state index contributed by atoms with van der Waals surface area (Å²) in [5, 5.41) is 11.1. The molecule has 0 saturated heterocycles. The van der Waals surface area contributed by atoms with Crippen molar-refractivity contribution < 1.29 is 24.1 Å². The predicted octanol–water partition coefficient (Wildman–Crippen LogP) is 6.29. The third-order valence-corrected chi connectivity index (χ3v) is 5.66. The monoisotopic (exact) mass is 440 g/mol. The van der Waals surface area contributed by atoms with Crippen LogP contribution in [0.4, 0.5) is 0 Å². The molecule has 5 heteroatoms. The lowest BCUT2D eigenvalue weighted by atomic mass is 9.81. The van der Waals surface area contributed by atoms with Gasteiger partial charge in [0.05, 0.1) is 14.2 Å². The van der Waals surface area contributed by atoms with Gasteiger partial charge in [0.1, 0.15) is 23.0 Å². The number of esters is 1. The number of aromatic hydroxyl groups is 1. The Kier molecular flexibility index (Phi) is 8.37. The summed E-state index contributed by atoms with van der Waals surface area (Å²) in [7, 11) is 3.22. The summed E-state index contributed by atoms with van der Waals surface area (Å²) in [4.78, 5) is 12.2. The van der Waals surface area contributed by atoms with Crippen molar-refractivity contribution in [2.75, 3.05) is 14.2 Å². The van der Waals surface area contributed by atoms with Crippen LogP contribution in [0.1, 0.15) is 75.6 Å². The molecule has 0 bridgehead atoms. The van der Waals surface area contributed by atoms with Gasteiger partial charge in [-0.05, 0) is 48.1 Å². The molecule has 2 rings (SSSR count). The summed E-state index contributed by atoms with van der Waals surface area (Å²) in [6.45, 7) is 13.8. The molecule has 0 amide bonds. The smallest absolute Gasteiger partial charge is 0.335 e. The molecule has 174 valence electrons. The fourth-order valence-corrected chi connectivity index (χ4v) is 3.74. The number of benzene rings is 2. The third-order valence-electron chi connectivity index (χ3n) is 5.66. The van der Waals surface area contributed by atoms with E-state index in [0.29, 0.717) is 22.8 Å². The summed E-state index contributed by atoms with van der Waals surface area (Å²) in [6, 6.07) is 7.47. The maximum atomic E-state index is 12.2. The predicted molar refractivity (Wildman–Crippen MR) is 128 cm³/mol. The molecule has 0 spiro atoms. The van der Waals surface area contributed by atoms with Gasteiger partial charge in [-0.25, -0.2) is 4.79 Å². The standard InChI is InChI=1S/C27H36O5/c1-9-11-12-18-13-19(30-7)14-21(25(18)29)17(3)22-15-20(31-8)16-23(27(4,5)6)26(22)32-24(28)10-2/h10,13-17,29H,2,9,11-12H2,1,3-8H3. The summed E-state index contributed by atoms with van der Waals surface area (Å²) in [5.74, 6) is 1.21. The molecule has 0 aliphatic carbocycles. The number of methoxy groups -OCH3 is 2. The number of hydrogen-bond donors (Lipinski definition) is 1. The Hall–Kier alpha value is -2.95. The van der Waals surface area contributed by atoms with Crippen LogP contribution in [-0.2, 0) is 16.6 Å². The first-order valence-electron chi connectivity index (χ1n) is 11.0. The van der Waals surface area contributed by atoms with Crippen LogP contribution in [0, 0.1) is 0 Å². The van der Waals surface area contributed by atoms with Crippen LogP contribution in [-0.4, -0.2) is 25.3 Å². The van der Waals surface area contributed by atoms with Gasteiger partial charge in [-0.2, -0.15) is 0 Å². The van der Waals surface area contributed by atoms with E-state index in [4.69, 9.17) is 14.2 Å². The van der Waals surface area contributed by atoms with Crippen LogP contribution in [0.15, 0.2) is 36.9 Å². The lowest BCUT2D eigenvalue weighted by Gasteiger charge is -2.27. The molecular weight excluding hydrogens is 404 g/mol. The molecule has 0 aliphatic heterocycles. The number of carbonyl (C=O) groups is 1. The zero-order valence-electron chi connectivity index (χ0n) is 20.4. The maximum Gasteiger partial charge on any atom is 0.335 e. The Morgan fingerprint density at radius 1 is 1.09 bits per heavy atom. The Morgan fingerprint density at radius 3 is 2.22 bits per heavy atom. The molecular formula is C27H36O5. The SMILES string of the molecule is C=CC(=O)Oc1c(C(C)c2cc(OC)cc(CCCC)c2O)cc(OC)cc1C(C)(C)C. The van der Waals surface area contributed by atoms with Gasteiger partial charge in [-0.15, -0.1) is 0 Å². The number of unbranched alkanes of at least 4 members (excludes halogenated alkanes) is 1. The summed E-state index contributed by atoms with van der Waals surface area (Å²) >= 11 is 0. The van der Waals surface area contributed by atoms with Gasteiger partial charge in [0.25, 0.3) is 0 Å². The number of phenolic OH excluding ortho intramolecular Hbond substituents is 1. The number of phenols is 1. The third kappa shape index (κ3) is 5.64. The number of carbonyl (C=O) groups excluding carboxylic acids is 1. The van der Waals surface area contributed by atoms with E-state index in [2.05, 4.69) is 13.5 Å². The Balaban J connectivity index is 2.78. The Labute approximate surface area is 192 Å². The number of rotatable bonds is 9. The van der Waals surface area contributed by atoms with Crippen molar-refractivity contribution in [3.8, 4) is 23.0 Å². The van der Waals surface area contributed by atoms with Crippen LogP contribution in [0.25, 0.3) is 0 Å². The lowest BCUT2D eigenvalue weighted by molar-refractivity contribution is -0.129. The molecule has 32 heavy (non-hydrogen) atoms. The minimum atomic E-state index is -0.535. The van der Waals surface area contributed by atoms with Gasteiger partial charge in [-0.1, -0.05) is 47.6 Å². The van der Waals surface area contributed by atoms with E-state index in [-0.39, 0.29) is 17.1 Å². The first-order chi connectivity index (χ1) is 15.1. The highest BCUT2D eigenvalue weighted by Crippen LogP contribution is 2.45. The zero-order chi connectivity index (χ0) is 24.1. The largest absolute Gasteiger partial charge is 0.507 e. The molecule has 1 unspecified atom stereocenters. The quantitative estimate of drug-likeness (QED) is 0.282. The second-order valence-electron chi connectivity index (χ2n) is 9.02. The van der Waals surface area contributed by atoms with E-state index in [1.54, 1.807) is 14.2 Å². The maximum absolute atomic E-state index is 12.2. The van der Waals surface area contributed by atoms with Gasteiger partial charge in [0.15, 0.2) is 0 Å². The van der Waals surface area contributed by atoms with Gasteiger partial charge in [0, 0.05) is 28.7 Å². The highest BCUT2D eigenvalue weighted by Gasteiger charge is 2.28. The van der Waals surface area contributed by atoms with Crippen molar-refractivity contribution in [3.05, 3.63) is 59.2 Å². The van der Waals surface area contributed by atoms with Crippen LogP contribution >= 0.6 is 0 Å². The molecule has 5 nitrogen and oxygen atoms in total. The van der Waals surface area contributed by atoms with Gasteiger partial charge in [0.2, 0.25) is 0 Å². The van der Waals surface area contributed by atoms with Crippen molar-refractivity contribution in [2.45, 2.75) is 65.2 Å². The van der Waals surface area contributed by atoms with Crippen LogP contribution < -0.4 is 14.2 Å². The van der Waals surface area contributed by atoms with Crippen molar-refractivity contribution in [2.24, 2.45) is 0 Å². The molecule has 2 aromatic carbocycles. The molecule has 0 heterocycles. The topological polar surface area (TPSA) is 65.0 Å². The fraction of sp³-hybridized carbons (Fsp3) is 0.444. The number of ether oxygens (including phenoxy) is 3. The average molecular weight is 441 g/mol. The molecule has 1 atom stereocenters. The highest BCUT2D eigenvalue weighted by molar-refractivity contribution is 5.84. The summed E-state index contributed by atoms with van der Waals surface area (Å²) in [6.07, 6.45) is 3.89. The van der Waals surface area contributed by atoms with E-state index in [0.717, 1.165) is 42.0 Å². The fourth-order valence-electron chi connectivity index (χ4n) is 3.74. The van der Waals surface area contributed by atoms with Gasteiger partial charge in [-0.3, -0.25) is 0 Å². The Bertz CT molecular complexity index is 969. The van der Waals surface area contributed by atoms with Gasteiger partial charge < -0.3 is 19.3 Å². The van der Waals surface area contributed by atoms with Gasteiger partial charge >= 0.3 is 5.97 Å². The first kappa shape index (κ1) is 25.3. The van der Waals surface area contributed by atoms with Crippen LogP contribution in [0.3, 0.4) is 0 Å². The molecule has 1 N–H and O–H groups in total. The van der Waals surface area contributed by atoms with Crippen LogP contribution in [0.2, 0.25) is 0 Å². The Morgan fingerprint density at radius 2 is 1.69 bits per heavy atom. The molecule has 0 aliphatic rings. The minimum Gasteiger partial charge on any atom is -0.507 e. The second-order valence-corrected chi connectivity index (χ2v) is 9.02. The van der Waals surface area contributed by atoms with Crippen molar-refractivity contribution >= 4 is 5.97 Å². The average Bonchev–Trinajstić information content (AvgIpc) is 2.77. The van der Waals surface area contributed by atoms with Crippen LogP contribution in [0.5, 0.6) is 23.0 Å². The first-order valence-corrected chi connectivity index (χ1v) is 11.0. The van der Waals surface area contributed by atoms with Crippen molar-refractivity contribution in [1.29, 1.82) is 0 Å². The zero-order valence-corrected chi connectivity index (χ0v) is 20.4. The molecule has 2 aromatic rings. The second kappa shape index (κ2) is 10.6. The van der Waals surface area contributed by atoms with Crippen molar-refractivity contribution in [3.63, 3.8) is 0 Å². The highest BCUT2D eigenvalue weighted by atomic mass is 16.5. The molecule has 0 fully saturated rings. The van der Waals surface area contributed by atoms with Crippen molar-refractivity contribution in [1.82, 2.24) is 0 Å². The summed E-state index contributed by atoms with van der Waals surface area (Å²) in [5.41, 5.74) is 2.82. The minimum absolute atomic E-state index is 0.243. The van der Waals surface area contributed by atoms with E-state index >= 15 is 0 Å². The molecule has 0 aromatic heterocycles. The number of aryl methyl sites for hydroxylation is 1. The molecule has 0 radical (unpaired) electrons. The summed E-state index contributed by atoms with van der Waals surface area (Å²) < 4.78 is 16.8.